The van der Waals surface area contributed by atoms with Gasteiger partial charge in [-0.25, -0.2) is 4.98 Å². The van der Waals surface area contributed by atoms with E-state index in [2.05, 4.69) is 38.7 Å². The Hall–Kier alpha value is -2.44. The van der Waals surface area contributed by atoms with Gasteiger partial charge in [0, 0.05) is 29.5 Å². The number of carbonyl (C=O) groups is 1. The summed E-state index contributed by atoms with van der Waals surface area (Å²) in [6.45, 7) is 3.87. The number of amides is 1. The minimum atomic E-state index is -0.105. The first-order valence-corrected chi connectivity index (χ1v) is 9.88. The first-order valence-electron chi connectivity index (χ1n) is 9.00. The van der Waals surface area contributed by atoms with Crippen molar-refractivity contribution in [1.82, 2.24) is 15.2 Å². The summed E-state index contributed by atoms with van der Waals surface area (Å²) in [7, 11) is 0. The second-order valence-electron chi connectivity index (χ2n) is 6.49. The fourth-order valence-corrected chi connectivity index (χ4v) is 4.01. The van der Waals surface area contributed by atoms with Crippen LogP contribution in [0.1, 0.15) is 23.3 Å². The Balaban J connectivity index is 1.38. The Labute approximate surface area is 157 Å². The molecule has 1 saturated heterocycles. The van der Waals surface area contributed by atoms with Crippen LogP contribution in [0.25, 0.3) is 10.8 Å². The van der Waals surface area contributed by atoms with Crippen LogP contribution in [0.4, 0.5) is 10.8 Å². The largest absolute Gasteiger partial charge is 0.349 e. The van der Waals surface area contributed by atoms with E-state index in [1.165, 1.54) is 29.6 Å². The Bertz CT molecular complexity index is 896. The van der Waals surface area contributed by atoms with Crippen LogP contribution in [0, 0.1) is 0 Å². The van der Waals surface area contributed by atoms with E-state index in [9.17, 15) is 4.79 Å². The highest BCUT2D eigenvalue weighted by Crippen LogP contribution is 2.27. The number of likely N-dealkylation sites (tertiary alicyclic amines) is 1. The molecule has 134 valence electrons. The number of nitrogens with one attached hydrogen (secondary N) is 2. The van der Waals surface area contributed by atoms with Crippen LogP contribution >= 0.6 is 11.3 Å². The number of hydrogen-bond acceptors (Lipinski definition) is 5. The summed E-state index contributed by atoms with van der Waals surface area (Å²) < 4.78 is 0. The molecule has 2 heterocycles. The van der Waals surface area contributed by atoms with Crippen molar-refractivity contribution in [1.29, 1.82) is 0 Å². The van der Waals surface area contributed by atoms with E-state index in [1.807, 2.05) is 24.3 Å². The van der Waals surface area contributed by atoms with E-state index in [0.717, 1.165) is 35.8 Å². The number of benzene rings is 2. The molecule has 6 heteroatoms. The van der Waals surface area contributed by atoms with Crippen molar-refractivity contribution in [3.63, 3.8) is 0 Å². The number of rotatable bonds is 6. The highest BCUT2D eigenvalue weighted by Gasteiger charge is 2.14. The first kappa shape index (κ1) is 17.0. The third kappa shape index (κ3) is 3.86. The molecule has 3 aromatic rings. The summed E-state index contributed by atoms with van der Waals surface area (Å²) in [6, 6.07) is 14.3. The molecule has 1 amide bonds. The Morgan fingerprint density at radius 1 is 1.12 bits per heavy atom. The van der Waals surface area contributed by atoms with E-state index in [4.69, 9.17) is 0 Å². The summed E-state index contributed by atoms with van der Waals surface area (Å²) in [5.41, 5.74) is 1.47. The van der Waals surface area contributed by atoms with Crippen LogP contribution in [-0.4, -0.2) is 42.0 Å². The van der Waals surface area contributed by atoms with Crippen molar-refractivity contribution in [2.75, 3.05) is 31.5 Å². The molecule has 2 N–H and O–H groups in total. The average molecular weight is 366 g/mol. The van der Waals surface area contributed by atoms with E-state index in [-0.39, 0.29) is 5.91 Å². The third-order valence-electron chi connectivity index (χ3n) is 4.68. The molecule has 0 radical (unpaired) electrons. The van der Waals surface area contributed by atoms with Gasteiger partial charge in [-0.05, 0) is 37.4 Å². The van der Waals surface area contributed by atoms with Gasteiger partial charge in [0.15, 0.2) is 5.13 Å². The molecular weight excluding hydrogens is 344 g/mol. The lowest BCUT2D eigenvalue weighted by molar-refractivity contribution is 0.0945. The molecule has 1 aliphatic heterocycles. The normalized spacial score (nSPS) is 14.6. The van der Waals surface area contributed by atoms with Crippen molar-refractivity contribution in [3.05, 3.63) is 53.5 Å². The molecule has 0 spiro atoms. The maximum atomic E-state index is 12.3. The van der Waals surface area contributed by atoms with Crippen molar-refractivity contribution in [2.45, 2.75) is 12.8 Å². The predicted octanol–water partition coefficient (Wildman–Crippen LogP) is 3.87. The Kier molecular flexibility index (Phi) is 5.13. The first-order chi connectivity index (χ1) is 12.8. The van der Waals surface area contributed by atoms with Gasteiger partial charge in [-0.15, -0.1) is 11.3 Å². The molecular formula is C20H22N4OS. The predicted molar refractivity (Wildman–Crippen MR) is 107 cm³/mol. The van der Waals surface area contributed by atoms with E-state index in [0.29, 0.717) is 12.2 Å². The maximum Gasteiger partial charge on any atom is 0.270 e. The fourth-order valence-electron chi connectivity index (χ4n) is 3.31. The maximum absolute atomic E-state index is 12.3. The Morgan fingerprint density at radius 2 is 1.92 bits per heavy atom. The molecule has 5 nitrogen and oxygen atoms in total. The molecule has 0 aliphatic carbocycles. The summed E-state index contributed by atoms with van der Waals surface area (Å²) in [5, 5.41) is 11.2. The van der Waals surface area contributed by atoms with Gasteiger partial charge in [0.2, 0.25) is 0 Å². The molecule has 0 unspecified atom stereocenters. The lowest BCUT2D eigenvalue weighted by Gasteiger charge is -2.14. The minimum Gasteiger partial charge on any atom is -0.349 e. The van der Waals surface area contributed by atoms with Gasteiger partial charge in [0.25, 0.3) is 5.91 Å². The quantitative estimate of drug-likeness (QED) is 0.695. The number of hydrogen-bond donors (Lipinski definition) is 2. The van der Waals surface area contributed by atoms with Crippen molar-refractivity contribution in [2.24, 2.45) is 0 Å². The summed E-state index contributed by atoms with van der Waals surface area (Å²) in [6.07, 6.45) is 2.53. The zero-order valence-electron chi connectivity index (χ0n) is 14.6. The molecule has 1 fully saturated rings. The number of anilines is 2. The molecule has 0 atom stereocenters. The smallest absolute Gasteiger partial charge is 0.270 e. The topological polar surface area (TPSA) is 57.3 Å². The van der Waals surface area contributed by atoms with E-state index >= 15 is 0 Å². The van der Waals surface area contributed by atoms with Crippen LogP contribution in [-0.2, 0) is 0 Å². The molecule has 1 aromatic heterocycles. The number of thiazole rings is 1. The van der Waals surface area contributed by atoms with Crippen LogP contribution in [0.15, 0.2) is 47.8 Å². The van der Waals surface area contributed by atoms with Crippen LogP contribution in [0.3, 0.4) is 0 Å². The number of nitrogens with zero attached hydrogens (tertiary/aromatic N) is 2. The van der Waals surface area contributed by atoms with Crippen molar-refractivity contribution >= 4 is 38.8 Å². The summed E-state index contributed by atoms with van der Waals surface area (Å²) in [4.78, 5) is 19.1. The molecule has 0 bridgehead atoms. The lowest BCUT2D eigenvalue weighted by Crippen LogP contribution is -2.33. The molecule has 26 heavy (non-hydrogen) atoms. The molecule has 0 saturated carbocycles. The van der Waals surface area contributed by atoms with Crippen molar-refractivity contribution < 1.29 is 4.79 Å². The van der Waals surface area contributed by atoms with Gasteiger partial charge >= 0.3 is 0 Å². The van der Waals surface area contributed by atoms with Crippen molar-refractivity contribution in [3.8, 4) is 0 Å². The van der Waals surface area contributed by atoms with Crippen LogP contribution < -0.4 is 10.6 Å². The van der Waals surface area contributed by atoms with E-state index in [1.54, 1.807) is 5.38 Å². The second kappa shape index (κ2) is 7.85. The summed E-state index contributed by atoms with van der Waals surface area (Å²) in [5.74, 6) is -0.105. The van der Waals surface area contributed by atoms with Gasteiger partial charge in [-0.2, -0.15) is 0 Å². The van der Waals surface area contributed by atoms with Gasteiger partial charge in [0.1, 0.15) is 5.69 Å². The summed E-state index contributed by atoms with van der Waals surface area (Å²) >= 11 is 1.45. The monoisotopic (exact) mass is 366 g/mol. The van der Waals surface area contributed by atoms with Crippen LogP contribution in [0.2, 0.25) is 0 Å². The Morgan fingerprint density at radius 3 is 2.81 bits per heavy atom. The SMILES string of the molecule is O=C(NCCN1CCCC1)c1csc(Nc2cccc3ccccc23)n1. The third-order valence-corrected chi connectivity index (χ3v) is 5.44. The molecule has 1 aliphatic rings. The minimum absolute atomic E-state index is 0.105. The highest BCUT2D eigenvalue weighted by molar-refractivity contribution is 7.14. The fraction of sp³-hybridized carbons (Fsp3) is 0.300. The zero-order valence-corrected chi connectivity index (χ0v) is 15.4. The van der Waals surface area contributed by atoms with Gasteiger partial charge in [-0.1, -0.05) is 36.4 Å². The highest BCUT2D eigenvalue weighted by atomic mass is 32.1. The number of aromatic nitrogens is 1. The number of fused-ring (bicyclic) bond motifs is 1. The lowest BCUT2D eigenvalue weighted by atomic mass is 10.1. The van der Waals surface area contributed by atoms with Gasteiger partial charge in [-0.3, -0.25) is 4.79 Å². The van der Waals surface area contributed by atoms with Gasteiger partial charge in [0.05, 0.1) is 0 Å². The average Bonchev–Trinajstić information content (AvgIpc) is 3.34. The standard InChI is InChI=1S/C20H22N4OS/c25-19(21-10-13-24-11-3-4-12-24)18-14-26-20(23-18)22-17-9-5-7-15-6-1-2-8-16(15)17/h1-2,5-9,14H,3-4,10-13H2,(H,21,25)(H,22,23). The number of carbonyl (C=O) groups excluding carboxylic acids is 1. The zero-order chi connectivity index (χ0) is 17.8. The second-order valence-corrected chi connectivity index (χ2v) is 7.35. The van der Waals surface area contributed by atoms with Crippen LogP contribution in [0.5, 0.6) is 0 Å². The van der Waals surface area contributed by atoms with Gasteiger partial charge < -0.3 is 15.5 Å². The van der Waals surface area contributed by atoms with E-state index < -0.39 is 0 Å². The molecule has 2 aromatic carbocycles. The molecule has 4 rings (SSSR count).